The van der Waals surface area contributed by atoms with Crippen molar-refractivity contribution in [2.75, 3.05) is 13.6 Å². The summed E-state index contributed by atoms with van der Waals surface area (Å²) in [5, 5.41) is 1.41. The molecule has 0 bridgehead atoms. The smallest absolute Gasteiger partial charge is 0.0606 e. The van der Waals surface area contributed by atoms with Gasteiger partial charge in [0.1, 0.15) is 0 Å². The Kier molecular flexibility index (Phi) is 2.33. The van der Waals surface area contributed by atoms with E-state index in [1.807, 2.05) is 0 Å². The van der Waals surface area contributed by atoms with Gasteiger partial charge in [-0.25, -0.2) is 0 Å². The van der Waals surface area contributed by atoms with Gasteiger partial charge in [-0.3, -0.25) is 0 Å². The Morgan fingerprint density at radius 3 is 3.00 bits per heavy atom. The first-order valence-electron chi connectivity index (χ1n) is 5.64. The van der Waals surface area contributed by atoms with E-state index in [1.54, 1.807) is 0 Å². The van der Waals surface area contributed by atoms with Crippen molar-refractivity contribution in [3.05, 3.63) is 33.4 Å². The van der Waals surface area contributed by atoms with Crippen LogP contribution in [0.25, 0.3) is 10.9 Å². The topological polar surface area (TPSA) is 19.0 Å². The highest BCUT2D eigenvalue weighted by Gasteiger charge is 2.20. The number of nitrogens with one attached hydrogen (secondary N) is 1. The van der Waals surface area contributed by atoms with Crippen LogP contribution in [0.2, 0.25) is 0 Å². The molecule has 0 fully saturated rings. The second-order valence-electron chi connectivity index (χ2n) is 4.68. The fourth-order valence-electron chi connectivity index (χ4n) is 2.61. The van der Waals surface area contributed by atoms with Crippen LogP contribution in [-0.2, 0) is 13.0 Å². The van der Waals surface area contributed by atoms with Gasteiger partial charge in [0.05, 0.1) is 5.52 Å². The van der Waals surface area contributed by atoms with Gasteiger partial charge >= 0.3 is 0 Å². The molecule has 2 nitrogen and oxygen atoms in total. The van der Waals surface area contributed by atoms with Gasteiger partial charge in [0.25, 0.3) is 0 Å². The monoisotopic (exact) mass is 278 g/mol. The zero-order valence-corrected chi connectivity index (χ0v) is 11.2. The van der Waals surface area contributed by atoms with E-state index in [9.17, 15) is 0 Å². The highest BCUT2D eigenvalue weighted by Crippen LogP contribution is 2.33. The van der Waals surface area contributed by atoms with E-state index < -0.39 is 0 Å². The molecule has 0 atom stereocenters. The second-order valence-corrected chi connectivity index (χ2v) is 5.54. The number of likely N-dealkylation sites (N-methyl/N-ethyl adjacent to an activating group) is 1. The highest BCUT2D eigenvalue weighted by atomic mass is 79.9. The van der Waals surface area contributed by atoms with E-state index in [2.05, 4.69) is 51.9 Å². The minimum absolute atomic E-state index is 1.06. The van der Waals surface area contributed by atoms with E-state index in [4.69, 9.17) is 0 Å². The third-order valence-corrected chi connectivity index (χ3v) is 4.14. The number of nitrogens with zero attached hydrogens (tertiary/aromatic N) is 1. The maximum atomic E-state index is 3.63. The molecule has 0 spiro atoms. The molecule has 3 rings (SSSR count). The van der Waals surface area contributed by atoms with Crippen LogP contribution < -0.4 is 0 Å². The molecular formula is C13H15BrN2. The van der Waals surface area contributed by atoms with Crippen molar-refractivity contribution in [2.24, 2.45) is 0 Å². The molecule has 1 aromatic carbocycles. The molecule has 3 heteroatoms. The van der Waals surface area contributed by atoms with Gasteiger partial charge in [0.15, 0.2) is 0 Å². The van der Waals surface area contributed by atoms with Gasteiger partial charge in [-0.2, -0.15) is 0 Å². The number of rotatable bonds is 0. The third kappa shape index (κ3) is 1.42. The lowest BCUT2D eigenvalue weighted by molar-refractivity contribution is 0.313. The van der Waals surface area contributed by atoms with Gasteiger partial charge < -0.3 is 9.88 Å². The SMILES string of the molecule is Cc1ccc(Br)c2[nH]c3c(c12)CN(C)CC3. The van der Waals surface area contributed by atoms with Gasteiger partial charge in [0, 0.05) is 35.1 Å². The summed E-state index contributed by atoms with van der Waals surface area (Å²) >= 11 is 3.63. The summed E-state index contributed by atoms with van der Waals surface area (Å²) < 4.78 is 1.17. The lowest BCUT2D eigenvalue weighted by Gasteiger charge is -2.22. The van der Waals surface area contributed by atoms with Crippen LogP contribution >= 0.6 is 15.9 Å². The largest absolute Gasteiger partial charge is 0.357 e. The van der Waals surface area contributed by atoms with Gasteiger partial charge in [-0.1, -0.05) is 6.07 Å². The summed E-state index contributed by atoms with van der Waals surface area (Å²) in [6.07, 6.45) is 1.13. The molecule has 0 amide bonds. The van der Waals surface area contributed by atoms with Crippen molar-refractivity contribution in [1.82, 2.24) is 9.88 Å². The number of hydrogen-bond acceptors (Lipinski definition) is 1. The molecule has 0 saturated carbocycles. The van der Waals surface area contributed by atoms with Crippen LogP contribution in [0.3, 0.4) is 0 Å². The van der Waals surface area contributed by atoms with Gasteiger partial charge in [-0.15, -0.1) is 0 Å². The molecule has 1 aromatic heterocycles. The van der Waals surface area contributed by atoms with E-state index >= 15 is 0 Å². The molecule has 0 aliphatic carbocycles. The lowest BCUT2D eigenvalue weighted by atomic mass is 10.0. The Labute approximate surface area is 104 Å². The molecular weight excluding hydrogens is 264 g/mol. The number of aromatic nitrogens is 1. The quantitative estimate of drug-likeness (QED) is 0.784. The highest BCUT2D eigenvalue weighted by molar-refractivity contribution is 9.10. The predicted molar refractivity (Wildman–Crippen MR) is 70.8 cm³/mol. The number of aryl methyl sites for hydroxylation is 1. The molecule has 0 saturated heterocycles. The van der Waals surface area contributed by atoms with Gasteiger partial charge in [-0.05, 0) is 47.1 Å². The van der Waals surface area contributed by atoms with E-state index in [-0.39, 0.29) is 0 Å². The fraction of sp³-hybridized carbons (Fsp3) is 0.385. The van der Waals surface area contributed by atoms with Crippen LogP contribution in [0.15, 0.2) is 16.6 Å². The van der Waals surface area contributed by atoms with Gasteiger partial charge in [0.2, 0.25) is 0 Å². The Morgan fingerprint density at radius 2 is 2.19 bits per heavy atom. The summed E-state index contributed by atoms with van der Waals surface area (Å²) in [7, 11) is 2.19. The van der Waals surface area contributed by atoms with Crippen molar-refractivity contribution in [3.63, 3.8) is 0 Å². The van der Waals surface area contributed by atoms with Crippen molar-refractivity contribution in [1.29, 1.82) is 0 Å². The number of fused-ring (bicyclic) bond motifs is 3. The molecule has 1 N–H and O–H groups in total. The van der Waals surface area contributed by atoms with Crippen LogP contribution in [0, 0.1) is 6.92 Å². The maximum absolute atomic E-state index is 3.63. The fourth-order valence-corrected chi connectivity index (χ4v) is 3.04. The van der Waals surface area contributed by atoms with Crippen molar-refractivity contribution < 1.29 is 0 Å². The molecule has 84 valence electrons. The summed E-state index contributed by atoms with van der Waals surface area (Å²) in [4.78, 5) is 5.96. The average molecular weight is 279 g/mol. The molecule has 2 heterocycles. The number of aromatic amines is 1. The Balaban J connectivity index is 2.34. The Hall–Kier alpha value is -0.800. The van der Waals surface area contributed by atoms with Crippen molar-refractivity contribution >= 4 is 26.8 Å². The van der Waals surface area contributed by atoms with E-state index in [0.29, 0.717) is 0 Å². The zero-order valence-electron chi connectivity index (χ0n) is 9.60. The summed E-state index contributed by atoms with van der Waals surface area (Å²) in [6.45, 7) is 4.40. The molecule has 1 aliphatic rings. The number of hydrogen-bond donors (Lipinski definition) is 1. The number of benzene rings is 1. The van der Waals surface area contributed by atoms with Crippen LogP contribution in [0.5, 0.6) is 0 Å². The summed E-state index contributed by atoms with van der Waals surface area (Å²) in [5.41, 5.74) is 5.54. The zero-order chi connectivity index (χ0) is 11.3. The normalized spacial score (nSPS) is 16.7. The Bertz CT molecular complexity index is 557. The molecule has 2 aromatic rings. The minimum Gasteiger partial charge on any atom is -0.357 e. The van der Waals surface area contributed by atoms with Crippen molar-refractivity contribution in [3.8, 4) is 0 Å². The standard InChI is InChI=1S/C13H15BrN2/c1-8-3-4-10(14)13-12(8)9-7-16(2)6-5-11(9)15-13/h3-4,15H,5-7H2,1-2H3. The maximum Gasteiger partial charge on any atom is 0.0606 e. The summed E-state index contributed by atoms with van der Waals surface area (Å²) in [5.74, 6) is 0. The van der Waals surface area contributed by atoms with Crippen molar-refractivity contribution in [2.45, 2.75) is 19.9 Å². The lowest BCUT2D eigenvalue weighted by Crippen LogP contribution is -2.26. The molecule has 1 aliphatic heterocycles. The Morgan fingerprint density at radius 1 is 1.38 bits per heavy atom. The first kappa shape index (κ1) is 10.4. The first-order chi connectivity index (χ1) is 7.66. The van der Waals surface area contributed by atoms with Crippen LogP contribution in [-0.4, -0.2) is 23.5 Å². The minimum atomic E-state index is 1.06. The molecule has 0 unspecified atom stereocenters. The van der Waals surface area contributed by atoms with E-state index in [1.165, 1.54) is 32.2 Å². The number of halogens is 1. The molecule has 0 radical (unpaired) electrons. The van der Waals surface area contributed by atoms with E-state index in [0.717, 1.165) is 19.5 Å². The predicted octanol–water partition coefficient (Wildman–Crippen LogP) is 3.23. The first-order valence-corrected chi connectivity index (χ1v) is 6.43. The van der Waals surface area contributed by atoms with Crippen LogP contribution in [0.4, 0.5) is 0 Å². The number of H-pyrrole nitrogens is 1. The molecule has 16 heavy (non-hydrogen) atoms. The second kappa shape index (κ2) is 3.60. The summed E-state index contributed by atoms with van der Waals surface area (Å²) in [6, 6.07) is 4.32. The van der Waals surface area contributed by atoms with Crippen LogP contribution in [0.1, 0.15) is 16.8 Å². The average Bonchev–Trinajstić information content (AvgIpc) is 2.63. The third-order valence-electron chi connectivity index (χ3n) is 3.48.